The molecule has 5 nitrogen and oxygen atoms in total. The zero-order valence-electron chi connectivity index (χ0n) is 12.7. The number of anilines is 1. The van der Waals surface area contributed by atoms with Crippen molar-refractivity contribution in [1.29, 1.82) is 0 Å². The zero-order valence-corrected chi connectivity index (χ0v) is 12.7. The van der Waals surface area contributed by atoms with E-state index in [-0.39, 0.29) is 0 Å². The van der Waals surface area contributed by atoms with Crippen molar-refractivity contribution >= 4 is 29.3 Å². The van der Waals surface area contributed by atoms with Crippen LogP contribution in [0, 0.1) is 0 Å². The zero-order chi connectivity index (χ0) is 16.2. The van der Waals surface area contributed by atoms with Crippen LogP contribution in [0.25, 0.3) is 10.9 Å². The number of ether oxygens (including phenoxy) is 1. The Balaban J connectivity index is 1.74. The van der Waals surface area contributed by atoms with Gasteiger partial charge in [0.25, 0.3) is 0 Å². The van der Waals surface area contributed by atoms with Gasteiger partial charge in [0.05, 0.1) is 12.6 Å². The average molecular weight is 308 g/mol. The summed E-state index contributed by atoms with van der Waals surface area (Å²) in [5, 5.41) is 22.4. The van der Waals surface area contributed by atoms with E-state index < -0.39 is 7.12 Å². The second kappa shape index (κ2) is 6.68. The van der Waals surface area contributed by atoms with Crippen LogP contribution in [0.2, 0.25) is 0 Å². The van der Waals surface area contributed by atoms with E-state index in [1.54, 1.807) is 19.2 Å². The van der Waals surface area contributed by atoms with E-state index in [2.05, 4.69) is 10.3 Å². The van der Waals surface area contributed by atoms with Crippen LogP contribution >= 0.6 is 0 Å². The predicted octanol–water partition coefficient (Wildman–Crippen LogP) is 1.54. The van der Waals surface area contributed by atoms with Gasteiger partial charge in [-0.1, -0.05) is 30.3 Å². The third kappa shape index (κ3) is 3.44. The third-order valence-electron chi connectivity index (χ3n) is 3.66. The lowest BCUT2D eigenvalue weighted by molar-refractivity contribution is 0.419. The van der Waals surface area contributed by atoms with Crippen molar-refractivity contribution in [3.8, 4) is 5.75 Å². The minimum atomic E-state index is -1.44. The van der Waals surface area contributed by atoms with Gasteiger partial charge in [0.2, 0.25) is 0 Å². The number of nitrogens with zero attached hydrogens (tertiary/aromatic N) is 1. The van der Waals surface area contributed by atoms with Gasteiger partial charge in [-0.2, -0.15) is 0 Å². The summed E-state index contributed by atoms with van der Waals surface area (Å²) in [5.74, 6) is 1.58. The first kappa shape index (κ1) is 15.3. The summed E-state index contributed by atoms with van der Waals surface area (Å²) in [6.45, 7) is 0.601. The number of hydrogen-bond donors (Lipinski definition) is 3. The van der Waals surface area contributed by atoms with Gasteiger partial charge >= 0.3 is 7.12 Å². The number of hydrogen-bond acceptors (Lipinski definition) is 5. The number of fused-ring (bicyclic) bond motifs is 1. The van der Waals surface area contributed by atoms with Crippen molar-refractivity contribution in [1.82, 2.24) is 4.98 Å². The van der Waals surface area contributed by atoms with Crippen molar-refractivity contribution in [2.75, 3.05) is 12.4 Å². The molecular weight excluding hydrogens is 291 g/mol. The Morgan fingerprint density at radius 2 is 1.83 bits per heavy atom. The number of rotatable bonds is 5. The molecule has 1 aromatic heterocycles. The number of benzene rings is 2. The summed E-state index contributed by atoms with van der Waals surface area (Å²) in [7, 11) is 0.211. The topological polar surface area (TPSA) is 74.6 Å². The van der Waals surface area contributed by atoms with Crippen molar-refractivity contribution in [2.24, 2.45) is 0 Å². The molecule has 3 rings (SSSR count). The quantitative estimate of drug-likeness (QED) is 0.623. The van der Waals surface area contributed by atoms with E-state index in [9.17, 15) is 0 Å². The van der Waals surface area contributed by atoms with Gasteiger partial charge < -0.3 is 20.1 Å². The van der Waals surface area contributed by atoms with Crippen LogP contribution in [-0.2, 0) is 6.54 Å². The Labute approximate surface area is 134 Å². The number of nitrogens with one attached hydrogen (secondary N) is 1. The first-order chi connectivity index (χ1) is 11.2. The Kier molecular flexibility index (Phi) is 4.46. The molecule has 0 fully saturated rings. The molecule has 0 saturated carbocycles. The Morgan fingerprint density at radius 1 is 1.04 bits per heavy atom. The summed E-state index contributed by atoms with van der Waals surface area (Å²) in [6.07, 6.45) is 0. The van der Waals surface area contributed by atoms with Crippen LogP contribution in [0.5, 0.6) is 5.75 Å². The van der Waals surface area contributed by atoms with E-state index in [1.807, 2.05) is 42.5 Å². The largest absolute Gasteiger partial charge is 0.496 e. The summed E-state index contributed by atoms with van der Waals surface area (Å²) >= 11 is 0. The Bertz CT molecular complexity index is 807. The highest BCUT2D eigenvalue weighted by Gasteiger charge is 2.09. The minimum absolute atomic E-state index is 0.477. The highest BCUT2D eigenvalue weighted by Crippen LogP contribution is 2.25. The fraction of sp³-hybridized carbons (Fsp3) is 0.118. The van der Waals surface area contributed by atoms with Gasteiger partial charge in [-0.3, -0.25) is 0 Å². The van der Waals surface area contributed by atoms with Gasteiger partial charge in [-0.05, 0) is 35.3 Å². The molecule has 0 saturated heterocycles. The molecule has 6 heteroatoms. The van der Waals surface area contributed by atoms with E-state index in [1.165, 1.54) is 0 Å². The molecule has 116 valence electrons. The number of aromatic nitrogens is 1. The van der Waals surface area contributed by atoms with E-state index in [0.717, 1.165) is 28.0 Å². The molecule has 1 heterocycles. The molecule has 0 aliphatic rings. The van der Waals surface area contributed by atoms with Gasteiger partial charge in [-0.15, -0.1) is 0 Å². The van der Waals surface area contributed by atoms with E-state index in [0.29, 0.717) is 12.0 Å². The molecule has 0 aliphatic carbocycles. The second-order valence-corrected chi connectivity index (χ2v) is 5.19. The molecule has 3 N–H and O–H groups in total. The highest BCUT2D eigenvalue weighted by atomic mass is 16.5. The Morgan fingerprint density at radius 3 is 2.52 bits per heavy atom. The van der Waals surface area contributed by atoms with Crippen molar-refractivity contribution in [3.63, 3.8) is 0 Å². The fourth-order valence-corrected chi connectivity index (χ4v) is 2.40. The normalized spacial score (nSPS) is 10.6. The maximum absolute atomic E-state index is 9.09. The molecule has 2 aromatic carbocycles. The SMILES string of the molecule is COc1cccc2nc(NCc3ccc(B(O)O)cc3)ccc12. The smallest absolute Gasteiger partial charge is 0.488 e. The lowest BCUT2D eigenvalue weighted by atomic mass is 9.80. The molecular formula is C17H17BN2O3. The van der Waals surface area contributed by atoms with Crippen LogP contribution in [0.1, 0.15) is 5.56 Å². The first-order valence-corrected chi connectivity index (χ1v) is 7.30. The molecule has 3 aromatic rings. The van der Waals surface area contributed by atoms with Crippen LogP contribution in [0.4, 0.5) is 5.82 Å². The Hall–Kier alpha value is -2.57. The molecule has 0 unspecified atom stereocenters. The van der Waals surface area contributed by atoms with Crippen LogP contribution in [-0.4, -0.2) is 29.3 Å². The predicted molar refractivity (Wildman–Crippen MR) is 91.9 cm³/mol. The van der Waals surface area contributed by atoms with Crippen LogP contribution in [0.3, 0.4) is 0 Å². The summed E-state index contributed by atoms with van der Waals surface area (Å²) in [5.41, 5.74) is 2.37. The lowest BCUT2D eigenvalue weighted by Gasteiger charge is -2.09. The van der Waals surface area contributed by atoms with Crippen LogP contribution < -0.4 is 15.5 Å². The second-order valence-electron chi connectivity index (χ2n) is 5.19. The van der Waals surface area contributed by atoms with Gasteiger partial charge in [0.1, 0.15) is 11.6 Å². The van der Waals surface area contributed by atoms with E-state index >= 15 is 0 Å². The summed E-state index contributed by atoms with van der Waals surface area (Å²) < 4.78 is 5.33. The lowest BCUT2D eigenvalue weighted by Crippen LogP contribution is -2.29. The summed E-state index contributed by atoms with van der Waals surface area (Å²) in [6, 6.07) is 16.8. The molecule has 0 spiro atoms. The van der Waals surface area contributed by atoms with Crippen LogP contribution in [0.15, 0.2) is 54.6 Å². The van der Waals surface area contributed by atoms with Crippen molar-refractivity contribution < 1.29 is 14.8 Å². The van der Waals surface area contributed by atoms with Gasteiger partial charge in [0.15, 0.2) is 0 Å². The fourth-order valence-electron chi connectivity index (χ4n) is 2.40. The molecule has 0 aliphatic heterocycles. The standard InChI is InChI=1S/C17H17BN2O3/c1-23-16-4-2-3-15-14(16)9-10-17(20-15)19-11-12-5-7-13(8-6-12)18(21)22/h2-10,21-22H,11H2,1H3,(H,19,20). The minimum Gasteiger partial charge on any atom is -0.496 e. The van der Waals surface area contributed by atoms with Gasteiger partial charge in [0, 0.05) is 11.9 Å². The number of pyridine rings is 1. The molecule has 23 heavy (non-hydrogen) atoms. The maximum Gasteiger partial charge on any atom is 0.488 e. The molecule has 0 bridgehead atoms. The molecule has 0 atom stereocenters. The maximum atomic E-state index is 9.09. The average Bonchev–Trinajstić information content (AvgIpc) is 2.59. The highest BCUT2D eigenvalue weighted by molar-refractivity contribution is 6.58. The monoisotopic (exact) mass is 308 g/mol. The van der Waals surface area contributed by atoms with E-state index in [4.69, 9.17) is 14.8 Å². The van der Waals surface area contributed by atoms with Gasteiger partial charge in [-0.25, -0.2) is 4.98 Å². The molecule has 0 radical (unpaired) electrons. The first-order valence-electron chi connectivity index (χ1n) is 7.30. The summed E-state index contributed by atoms with van der Waals surface area (Å²) in [4.78, 5) is 4.57. The molecule has 0 amide bonds. The third-order valence-corrected chi connectivity index (χ3v) is 3.66. The number of methoxy groups -OCH3 is 1. The van der Waals surface area contributed by atoms with Crippen molar-refractivity contribution in [2.45, 2.75) is 6.54 Å². The van der Waals surface area contributed by atoms with Crippen molar-refractivity contribution in [3.05, 3.63) is 60.2 Å².